The molecule has 2 aliphatic carbocycles. The Balaban J connectivity index is 1.73. The molecule has 160 valence electrons. The first-order valence-electron chi connectivity index (χ1n) is 10.2. The third-order valence-electron chi connectivity index (χ3n) is 6.14. The van der Waals surface area contributed by atoms with E-state index in [9.17, 15) is 26.3 Å². The van der Waals surface area contributed by atoms with Gasteiger partial charge in [0.15, 0.2) is 0 Å². The van der Waals surface area contributed by atoms with Gasteiger partial charge in [-0.15, -0.1) is 0 Å². The molecule has 0 saturated heterocycles. The molecule has 0 amide bonds. The van der Waals surface area contributed by atoms with Gasteiger partial charge in [-0.25, -0.2) is 0 Å². The van der Waals surface area contributed by atoms with Crippen LogP contribution in [0.25, 0.3) is 17.2 Å². The summed E-state index contributed by atoms with van der Waals surface area (Å²) in [5, 5.41) is 0. The fourth-order valence-electron chi connectivity index (χ4n) is 4.69. The number of hydrogen-bond donors (Lipinski definition) is 0. The van der Waals surface area contributed by atoms with Crippen molar-refractivity contribution < 1.29 is 26.3 Å². The lowest BCUT2D eigenvalue weighted by molar-refractivity contribution is -0.143. The van der Waals surface area contributed by atoms with Crippen molar-refractivity contribution >= 4 is 6.08 Å². The second kappa shape index (κ2) is 7.78. The van der Waals surface area contributed by atoms with E-state index >= 15 is 0 Å². The van der Waals surface area contributed by atoms with Crippen LogP contribution < -0.4 is 0 Å². The van der Waals surface area contributed by atoms with Crippen molar-refractivity contribution in [2.45, 2.75) is 57.3 Å². The molecule has 1 saturated carbocycles. The van der Waals surface area contributed by atoms with E-state index in [2.05, 4.69) is 0 Å². The predicted octanol–water partition coefficient (Wildman–Crippen LogP) is 8.30. The van der Waals surface area contributed by atoms with Gasteiger partial charge in [0.05, 0.1) is 11.1 Å². The predicted molar refractivity (Wildman–Crippen MR) is 105 cm³/mol. The van der Waals surface area contributed by atoms with Crippen molar-refractivity contribution in [1.82, 2.24) is 0 Å². The monoisotopic (exact) mass is 424 g/mol. The summed E-state index contributed by atoms with van der Waals surface area (Å²) in [4.78, 5) is 0. The number of benzene rings is 2. The number of alkyl halides is 6. The topological polar surface area (TPSA) is 0 Å². The number of rotatable bonds is 3. The molecule has 0 bridgehead atoms. The van der Waals surface area contributed by atoms with Crippen LogP contribution in [-0.4, -0.2) is 0 Å². The van der Waals surface area contributed by atoms with Crippen LogP contribution >= 0.6 is 0 Å². The van der Waals surface area contributed by atoms with Crippen molar-refractivity contribution in [2.75, 3.05) is 0 Å². The average molecular weight is 424 g/mol. The van der Waals surface area contributed by atoms with Gasteiger partial charge < -0.3 is 0 Å². The largest absolute Gasteiger partial charge is 0.416 e. The molecule has 0 aliphatic heterocycles. The Morgan fingerprint density at radius 2 is 1.43 bits per heavy atom. The summed E-state index contributed by atoms with van der Waals surface area (Å²) < 4.78 is 79.6. The van der Waals surface area contributed by atoms with Crippen molar-refractivity contribution in [1.29, 1.82) is 0 Å². The summed E-state index contributed by atoms with van der Waals surface area (Å²) in [5.74, 6) is 0.619. The van der Waals surface area contributed by atoms with Gasteiger partial charge >= 0.3 is 12.4 Å². The summed E-state index contributed by atoms with van der Waals surface area (Å²) in [7, 11) is 0. The minimum atomic E-state index is -4.85. The van der Waals surface area contributed by atoms with Crippen LogP contribution in [0.4, 0.5) is 26.3 Å². The molecule has 0 nitrogen and oxygen atoms in total. The summed E-state index contributed by atoms with van der Waals surface area (Å²) in [6.45, 7) is 0. The second-order valence-electron chi connectivity index (χ2n) is 8.36. The first kappa shape index (κ1) is 21.0. The molecule has 6 heteroatoms. The summed E-state index contributed by atoms with van der Waals surface area (Å²) >= 11 is 0. The highest BCUT2D eigenvalue weighted by Gasteiger charge is 2.37. The number of allylic oxidation sites excluding steroid dienone is 1. The molecule has 0 aromatic heterocycles. The van der Waals surface area contributed by atoms with Gasteiger partial charge in [-0.2, -0.15) is 26.3 Å². The smallest absolute Gasteiger partial charge is 0.166 e. The Labute approximate surface area is 171 Å². The van der Waals surface area contributed by atoms with E-state index in [0.717, 1.165) is 29.7 Å². The van der Waals surface area contributed by atoms with E-state index in [-0.39, 0.29) is 11.6 Å². The first-order chi connectivity index (χ1) is 14.1. The van der Waals surface area contributed by atoms with E-state index in [1.807, 2.05) is 12.1 Å². The van der Waals surface area contributed by atoms with Crippen molar-refractivity contribution in [2.24, 2.45) is 5.92 Å². The van der Waals surface area contributed by atoms with E-state index in [4.69, 9.17) is 0 Å². The zero-order valence-corrected chi connectivity index (χ0v) is 16.3. The lowest BCUT2D eigenvalue weighted by atomic mass is 9.84. The first-order valence-corrected chi connectivity index (χ1v) is 10.2. The summed E-state index contributed by atoms with van der Waals surface area (Å²) in [6, 6.07) is 7.03. The average Bonchev–Trinajstić information content (AvgIpc) is 3.09. The SMILES string of the molecule is FC(F)(F)c1cc(-c2cccc3c2C=C(CC2CCCCC2)C3)cc(C(F)(F)F)c1. The maximum absolute atomic E-state index is 13.3. The van der Waals surface area contributed by atoms with Gasteiger partial charge in [-0.05, 0) is 59.2 Å². The van der Waals surface area contributed by atoms with E-state index in [1.165, 1.54) is 37.7 Å². The molecule has 30 heavy (non-hydrogen) atoms. The number of halogens is 6. The minimum Gasteiger partial charge on any atom is -0.166 e. The van der Waals surface area contributed by atoms with Gasteiger partial charge in [0.1, 0.15) is 0 Å². The Kier molecular flexibility index (Phi) is 5.45. The van der Waals surface area contributed by atoms with Crippen LogP contribution in [0, 0.1) is 5.92 Å². The lowest BCUT2D eigenvalue weighted by Gasteiger charge is -2.21. The maximum Gasteiger partial charge on any atom is 0.416 e. The van der Waals surface area contributed by atoms with E-state index in [1.54, 1.807) is 12.1 Å². The van der Waals surface area contributed by atoms with Crippen LogP contribution in [-0.2, 0) is 18.8 Å². The normalized spacial score (nSPS) is 17.7. The lowest BCUT2D eigenvalue weighted by Crippen LogP contribution is -2.11. The minimum absolute atomic E-state index is 0.0517. The molecule has 2 aromatic rings. The molecule has 0 unspecified atom stereocenters. The molecule has 0 heterocycles. The third kappa shape index (κ3) is 4.42. The Bertz CT molecular complexity index is 926. The zero-order chi connectivity index (χ0) is 21.5. The highest BCUT2D eigenvalue weighted by atomic mass is 19.4. The Morgan fingerprint density at radius 1 is 0.800 bits per heavy atom. The van der Waals surface area contributed by atoms with Crippen LogP contribution in [0.2, 0.25) is 0 Å². The molecule has 0 radical (unpaired) electrons. The summed E-state index contributed by atoms with van der Waals surface area (Å²) in [6.07, 6.45) is 0.0123. The van der Waals surface area contributed by atoms with Crippen LogP contribution in [0.15, 0.2) is 42.0 Å². The van der Waals surface area contributed by atoms with Crippen molar-refractivity contribution in [3.8, 4) is 11.1 Å². The van der Waals surface area contributed by atoms with Crippen LogP contribution in [0.3, 0.4) is 0 Å². The molecular formula is C24H22F6. The number of hydrogen-bond acceptors (Lipinski definition) is 0. The number of fused-ring (bicyclic) bond motifs is 1. The molecule has 2 aliphatic rings. The fraction of sp³-hybridized carbons (Fsp3) is 0.417. The van der Waals surface area contributed by atoms with Gasteiger partial charge in [0.2, 0.25) is 0 Å². The second-order valence-corrected chi connectivity index (χ2v) is 8.36. The van der Waals surface area contributed by atoms with Crippen molar-refractivity contribution in [3.05, 3.63) is 64.2 Å². The van der Waals surface area contributed by atoms with Gasteiger partial charge in [-0.3, -0.25) is 0 Å². The summed E-state index contributed by atoms with van der Waals surface area (Å²) in [5.41, 5.74) is 0.725. The van der Waals surface area contributed by atoms with Gasteiger partial charge in [0.25, 0.3) is 0 Å². The molecular weight excluding hydrogens is 402 g/mol. The fourth-order valence-corrected chi connectivity index (χ4v) is 4.69. The standard InChI is InChI=1S/C24H22F6/c25-23(26,27)19-12-18(13-20(14-19)24(28,29)30)21-8-4-7-17-10-16(11-22(17)21)9-15-5-2-1-3-6-15/h4,7-8,11-15H,1-3,5-6,9-10H2. The molecule has 4 rings (SSSR count). The zero-order valence-electron chi connectivity index (χ0n) is 16.3. The maximum atomic E-state index is 13.3. The van der Waals surface area contributed by atoms with E-state index in [0.29, 0.717) is 17.9 Å². The molecule has 0 spiro atoms. The molecule has 1 fully saturated rings. The molecule has 2 aromatic carbocycles. The third-order valence-corrected chi connectivity index (χ3v) is 6.14. The highest BCUT2D eigenvalue weighted by molar-refractivity contribution is 5.81. The van der Waals surface area contributed by atoms with E-state index < -0.39 is 23.5 Å². The Hall–Kier alpha value is -2.24. The van der Waals surface area contributed by atoms with Crippen LogP contribution in [0.1, 0.15) is 60.8 Å². The van der Waals surface area contributed by atoms with Gasteiger partial charge in [0, 0.05) is 0 Å². The van der Waals surface area contributed by atoms with Crippen molar-refractivity contribution in [3.63, 3.8) is 0 Å². The van der Waals surface area contributed by atoms with Gasteiger partial charge in [-0.1, -0.05) is 62.0 Å². The van der Waals surface area contributed by atoms with Crippen LogP contribution in [0.5, 0.6) is 0 Å². The molecule has 0 atom stereocenters. The highest BCUT2D eigenvalue weighted by Crippen LogP contribution is 2.42. The molecule has 0 N–H and O–H groups in total. The Morgan fingerprint density at radius 3 is 2.03 bits per heavy atom. The quantitative estimate of drug-likeness (QED) is 0.435.